The smallest absolute Gasteiger partial charge is 0.389 e. The quantitative estimate of drug-likeness (QED) is 0.746. The van der Waals surface area contributed by atoms with Gasteiger partial charge in [0.05, 0.1) is 17.6 Å². The molecule has 0 aliphatic rings. The van der Waals surface area contributed by atoms with Crippen molar-refractivity contribution in [3.63, 3.8) is 0 Å². The van der Waals surface area contributed by atoms with E-state index in [0.29, 0.717) is 5.56 Å². The van der Waals surface area contributed by atoms with Gasteiger partial charge in [-0.05, 0) is 24.6 Å². The van der Waals surface area contributed by atoms with Crippen molar-refractivity contribution in [3.8, 4) is 0 Å². The number of rotatable bonds is 7. The summed E-state index contributed by atoms with van der Waals surface area (Å²) in [7, 11) is -3.85. The average Bonchev–Trinajstić information content (AvgIpc) is 2.37. The number of hydrogen-bond acceptors (Lipinski definition) is 4. The Kier molecular flexibility index (Phi) is 6.14. The molecule has 0 bridgehead atoms. The van der Waals surface area contributed by atoms with Crippen molar-refractivity contribution >= 4 is 10.0 Å². The van der Waals surface area contributed by atoms with E-state index in [-0.39, 0.29) is 11.4 Å². The molecule has 5 nitrogen and oxygen atoms in total. The van der Waals surface area contributed by atoms with E-state index in [0.717, 1.165) is 0 Å². The number of aliphatic hydroxyl groups is 1. The van der Waals surface area contributed by atoms with Crippen LogP contribution in [0, 0.1) is 0 Å². The molecule has 0 aliphatic heterocycles. The minimum atomic E-state index is -4.44. The number of benzene rings is 1. The summed E-state index contributed by atoms with van der Waals surface area (Å²) in [6, 6.07) is 5.65. The zero-order chi connectivity index (χ0) is 16.1. The van der Waals surface area contributed by atoms with Crippen LogP contribution >= 0.6 is 0 Å². The maximum atomic E-state index is 11.9. The van der Waals surface area contributed by atoms with Crippen LogP contribution in [-0.4, -0.2) is 39.5 Å². The van der Waals surface area contributed by atoms with Crippen LogP contribution in [0.5, 0.6) is 0 Å². The zero-order valence-electron chi connectivity index (χ0n) is 11.2. The second-order valence-corrected chi connectivity index (χ2v) is 6.08. The summed E-state index contributed by atoms with van der Waals surface area (Å²) in [5, 5.41) is 9.39. The van der Waals surface area contributed by atoms with Gasteiger partial charge in [-0.1, -0.05) is 12.1 Å². The monoisotopic (exact) mass is 327 g/mol. The molecule has 0 spiro atoms. The number of alkyl halides is 3. The van der Waals surface area contributed by atoms with Crippen molar-refractivity contribution in [2.75, 3.05) is 19.8 Å². The third-order valence-corrected chi connectivity index (χ3v) is 3.91. The first-order chi connectivity index (χ1) is 9.62. The van der Waals surface area contributed by atoms with Crippen LogP contribution < -0.4 is 4.72 Å². The molecular weight excluding hydrogens is 311 g/mol. The molecule has 21 heavy (non-hydrogen) atoms. The van der Waals surface area contributed by atoms with E-state index in [1.165, 1.54) is 25.1 Å². The van der Waals surface area contributed by atoms with Gasteiger partial charge in [0, 0.05) is 6.54 Å². The van der Waals surface area contributed by atoms with E-state index in [1.807, 2.05) is 0 Å². The molecule has 1 atom stereocenters. The Morgan fingerprint density at radius 3 is 2.62 bits per heavy atom. The molecule has 1 rings (SSSR count). The van der Waals surface area contributed by atoms with Gasteiger partial charge in [0.25, 0.3) is 0 Å². The Labute approximate surface area is 120 Å². The van der Waals surface area contributed by atoms with Crippen molar-refractivity contribution in [1.29, 1.82) is 0 Å². The fourth-order valence-electron chi connectivity index (χ4n) is 1.46. The highest BCUT2D eigenvalue weighted by Crippen LogP contribution is 2.17. The van der Waals surface area contributed by atoms with Crippen LogP contribution in [0.3, 0.4) is 0 Å². The Hall–Kier alpha value is -1.16. The molecule has 120 valence electrons. The summed E-state index contributed by atoms with van der Waals surface area (Å²) in [5.41, 5.74) is 0.422. The van der Waals surface area contributed by atoms with Crippen LogP contribution in [-0.2, 0) is 14.8 Å². The van der Waals surface area contributed by atoms with E-state index in [1.54, 1.807) is 6.07 Å². The van der Waals surface area contributed by atoms with Crippen LogP contribution in [0.25, 0.3) is 0 Å². The maximum absolute atomic E-state index is 11.9. The zero-order valence-corrected chi connectivity index (χ0v) is 12.0. The lowest BCUT2D eigenvalue weighted by Gasteiger charge is -2.10. The molecule has 1 aromatic carbocycles. The minimum Gasteiger partial charge on any atom is -0.389 e. The first-order valence-corrected chi connectivity index (χ1v) is 7.52. The van der Waals surface area contributed by atoms with E-state index in [2.05, 4.69) is 9.46 Å². The third kappa shape index (κ3) is 6.42. The van der Waals surface area contributed by atoms with E-state index in [9.17, 15) is 26.7 Å². The van der Waals surface area contributed by atoms with Gasteiger partial charge in [0.15, 0.2) is 0 Å². The fraction of sp³-hybridized carbons (Fsp3) is 0.500. The highest BCUT2D eigenvalue weighted by atomic mass is 32.2. The summed E-state index contributed by atoms with van der Waals surface area (Å²) >= 11 is 0. The summed E-state index contributed by atoms with van der Waals surface area (Å²) in [6.45, 7) is -0.609. The largest absolute Gasteiger partial charge is 0.411 e. The summed E-state index contributed by atoms with van der Waals surface area (Å²) < 4.78 is 65.7. The molecule has 9 heteroatoms. The molecule has 0 fully saturated rings. The summed E-state index contributed by atoms with van der Waals surface area (Å²) in [4.78, 5) is -0.0725. The van der Waals surface area contributed by atoms with Crippen LogP contribution in [0.2, 0.25) is 0 Å². The number of hydrogen-bond donors (Lipinski definition) is 2. The average molecular weight is 327 g/mol. The predicted octanol–water partition coefficient (Wildman–Crippen LogP) is 1.60. The van der Waals surface area contributed by atoms with E-state index >= 15 is 0 Å². The Morgan fingerprint density at radius 2 is 2.05 bits per heavy atom. The highest BCUT2D eigenvalue weighted by Gasteiger charge is 2.27. The predicted molar refractivity (Wildman–Crippen MR) is 69.1 cm³/mol. The molecule has 0 amide bonds. The molecule has 1 unspecified atom stereocenters. The van der Waals surface area contributed by atoms with Crippen molar-refractivity contribution < 1.29 is 31.4 Å². The van der Waals surface area contributed by atoms with Crippen LogP contribution in [0.4, 0.5) is 13.2 Å². The van der Waals surface area contributed by atoms with Gasteiger partial charge < -0.3 is 9.84 Å². The normalized spacial score (nSPS) is 14.1. The van der Waals surface area contributed by atoms with Crippen molar-refractivity contribution in [1.82, 2.24) is 4.72 Å². The number of aliphatic hydroxyl groups excluding tert-OH is 1. The van der Waals surface area contributed by atoms with Gasteiger partial charge >= 0.3 is 6.18 Å². The molecule has 0 saturated heterocycles. The van der Waals surface area contributed by atoms with Crippen LogP contribution in [0.1, 0.15) is 18.6 Å². The van der Waals surface area contributed by atoms with Gasteiger partial charge in [-0.3, -0.25) is 0 Å². The summed E-state index contributed by atoms with van der Waals surface area (Å²) in [6.07, 6.45) is -5.26. The topological polar surface area (TPSA) is 75.6 Å². The first kappa shape index (κ1) is 17.9. The highest BCUT2D eigenvalue weighted by molar-refractivity contribution is 7.89. The Morgan fingerprint density at radius 1 is 1.38 bits per heavy atom. The lowest BCUT2D eigenvalue weighted by atomic mass is 10.1. The summed E-state index contributed by atoms with van der Waals surface area (Å²) in [5.74, 6) is 0. The molecule has 0 radical (unpaired) electrons. The van der Waals surface area contributed by atoms with Gasteiger partial charge in [-0.15, -0.1) is 0 Å². The molecule has 0 aliphatic carbocycles. The maximum Gasteiger partial charge on any atom is 0.411 e. The van der Waals surface area contributed by atoms with Crippen molar-refractivity contribution in [3.05, 3.63) is 29.8 Å². The minimum absolute atomic E-state index is 0.0725. The van der Waals surface area contributed by atoms with Gasteiger partial charge in [-0.25, -0.2) is 13.1 Å². The number of halogens is 3. The standard InChI is InChI=1S/C12H16F3NO4S/c1-9(17)10-3-2-4-11(7-10)21(18,19)16-5-6-20-8-12(13,14)15/h2-4,7,9,16-17H,5-6,8H2,1H3. The molecular formula is C12H16F3NO4S. The number of sulfonamides is 1. The molecule has 1 aromatic rings. The lowest BCUT2D eigenvalue weighted by Crippen LogP contribution is -2.29. The van der Waals surface area contributed by atoms with Crippen LogP contribution in [0.15, 0.2) is 29.2 Å². The van der Waals surface area contributed by atoms with Gasteiger partial charge in [0.2, 0.25) is 10.0 Å². The number of ether oxygens (including phenoxy) is 1. The van der Waals surface area contributed by atoms with Crippen molar-refractivity contribution in [2.45, 2.75) is 24.1 Å². The van der Waals surface area contributed by atoms with Crippen molar-refractivity contribution in [2.24, 2.45) is 0 Å². The third-order valence-electron chi connectivity index (χ3n) is 2.46. The molecule has 0 heterocycles. The fourth-order valence-corrected chi connectivity index (χ4v) is 2.53. The SMILES string of the molecule is CC(O)c1cccc(S(=O)(=O)NCCOCC(F)(F)F)c1. The van der Waals surface area contributed by atoms with Gasteiger partial charge in [0.1, 0.15) is 6.61 Å². The second-order valence-electron chi connectivity index (χ2n) is 4.31. The lowest BCUT2D eigenvalue weighted by molar-refractivity contribution is -0.173. The first-order valence-electron chi connectivity index (χ1n) is 6.04. The molecule has 2 N–H and O–H groups in total. The molecule has 0 aromatic heterocycles. The van der Waals surface area contributed by atoms with Gasteiger partial charge in [-0.2, -0.15) is 13.2 Å². The number of nitrogens with one attached hydrogen (secondary N) is 1. The molecule has 0 saturated carbocycles. The van der Waals surface area contributed by atoms with E-state index < -0.39 is 35.5 Å². The Bertz CT molecular complexity index is 558. The van der Waals surface area contributed by atoms with E-state index in [4.69, 9.17) is 0 Å². The second kappa shape index (κ2) is 7.21. The Balaban J connectivity index is 2.56.